The number of hydrogen-bond acceptors (Lipinski definition) is 1. The lowest BCUT2D eigenvalue weighted by atomic mass is 10.0. The Morgan fingerprint density at radius 1 is 0.818 bits per heavy atom. The van der Waals surface area contributed by atoms with Gasteiger partial charge in [0.25, 0.3) is 0 Å². The van der Waals surface area contributed by atoms with Gasteiger partial charge in [-0.2, -0.15) is 0 Å². The Morgan fingerprint density at radius 3 is 1.45 bits per heavy atom. The van der Waals surface area contributed by atoms with Crippen molar-refractivity contribution in [1.29, 1.82) is 0 Å². The Morgan fingerprint density at radius 2 is 1.14 bits per heavy atom. The van der Waals surface area contributed by atoms with Crippen LogP contribution < -0.4 is 0 Å². The van der Waals surface area contributed by atoms with Crippen LogP contribution in [0.15, 0.2) is 0 Å². The summed E-state index contributed by atoms with van der Waals surface area (Å²) in [5.74, 6) is -0.913. The molecule has 0 aromatic carbocycles. The molecule has 0 aromatic rings. The van der Waals surface area contributed by atoms with Crippen molar-refractivity contribution in [3.63, 3.8) is 0 Å². The zero-order chi connectivity index (χ0) is 16.7. The van der Waals surface area contributed by atoms with Gasteiger partial charge in [-0.05, 0) is 29.0 Å². The number of carboxylic acid groups (broad SMARTS) is 1. The zero-order valence-corrected chi connectivity index (χ0v) is 17.1. The maximum Gasteiger partial charge on any atom is 0.334 e. The van der Waals surface area contributed by atoms with Crippen LogP contribution >= 0.6 is 34.2 Å². The third-order valence-electron chi connectivity index (χ3n) is 4.16. The second-order valence-electron chi connectivity index (χ2n) is 6.36. The van der Waals surface area contributed by atoms with Gasteiger partial charge in [-0.3, -0.25) is 0 Å². The Kier molecular flexibility index (Phi) is 15.4. The minimum Gasteiger partial charge on any atom is -0.479 e. The molecule has 1 unspecified atom stereocenters. The van der Waals surface area contributed by atoms with E-state index < -0.39 is 8.85 Å². The first-order valence-corrected chi connectivity index (χ1v) is 10.6. The number of hydrogen-bond donors (Lipinski definition) is 1. The van der Waals surface area contributed by atoms with E-state index in [0.717, 1.165) is 12.8 Å². The van der Waals surface area contributed by atoms with Gasteiger partial charge < -0.3 is 5.11 Å². The molecule has 0 rings (SSSR count). The van der Waals surface area contributed by atoms with Crippen molar-refractivity contribution in [2.45, 2.75) is 106 Å². The summed E-state index contributed by atoms with van der Waals surface area (Å²) in [7, 11) is 0. The van der Waals surface area contributed by atoms with Crippen LogP contribution in [0.4, 0.5) is 0 Å². The number of halogens is 2. The summed E-state index contributed by atoms with van der Waals surface area (Å²) >= 11 is 7.74. The summed E-state index contributed by atoms with van der Waals surface area (Å²) in [4.78, 5) is 10.8. The second kappa shape index (κ2) is 15.0. The van der Waals surface area contributed by atoms with Crippen LogP contribution in [0, 0.1) is 0 Å². The molecule has 0 aromatic heterocycles. The van der Waals surface area contributed by atoms with Crippen molar-refractivity contribution >= 4 is 40.2 Å². The molecule has 0 fully saturated rings. The first kappa shape index (κ1) is 22.5. The summed E-state index contributed by atoms with van der Waals surface area (Å²) in [6, 6.07) is 0. The van der Waals surface area contributed by atoms with Crippen LogP contribution in [0.25, 0.3) is 0 Å². The summed E-state index contributed by atoms with van der Waals surface area (Å²) < 4.78 is -1.10. The largest absolute Gasteiger partial charge is 0.479 e. The molecular weight excluding hydrogens is 411 g/mol. The van der Waals surface area contributed by atoms with Crippen molar-refractivity contribution in [3.8, 4) is 0 Å². The molecule has 0 aliphatic carbocycles. The third kappa shape index (κ3) is 14.1. The lowest BCUT2D eigenvalue weighted by Crippen LogP contribution is -2.24. The van der Waals surface area contributed by atoms with E-state index in [-0.39, 0.29) is 0 Å². The van der Waals surface area contributed by atoms with Gasteiger partial charge in [0, 0.05) is 0 Å². The Labute approximate surface area is 155 Å². The first-order chi connectivity index (χ1) is 10.5. The van der Waals surface area contributed by atoms with Gasteiger partial charge in [0.05, 0.1) is 0 Å². The lowest BCUT2D eigenvalue weighted by molar-refractivity contribution is -0.137. The monoisotopic (exact) mass is 444 g/mol. The molecule has 132 valence electrons. The molecule has 4 heteroatoms. The van der Waals surface area contributed by atoms with Crippen molar-refractivity contribution < 1.29 is 9.90 Å². The number of alkyl halides is 2. The van der Waals surface area contributed by atoms with Gasteiger partial charge in [-0.1, -0.05) is 108 Å². The average Bonchev–Trinajstić information content (AvgIpc) is 2.47. The fourth-order valence-electron chi connectivity index (χ4n) is 2.65. The standard InChI is InChI=1S/C18H34ClIO2/c1-2-3-4-5-6-7-8-9-10-11-12-13-14-15-16-18(19,20)17(21)22/h2-16H2,1H3,(H,21,22). The summed E-state index contributed by atoms with van der Waals surface area (Å²) in [5, 5.41) is 8.91. The fourth-order valence-corrected chi connectivity index (χ4v) is 3.16. The maximum absolute atomic E-state index is 10.8. The van der Waals surface area contributed by atoms with Gasteiger partial charge in [0.2, 0.25) is 0 Å². The second-order valence-corrected chi connectivity index (χ2v) is 9.48. The Hall–Kier alpha value is 0.490. The normalized spacial score (nSPS) is 14.0. The van der Waals surface area contributed by atoms with E-state index in [2.05, 4.69) is 6.92 Å². The molecule has 0 aliphatic rings. The Balaban J connectivity index is 3.16. The van der Waals surface area contributed by atoms with Gasteiger partial charge in [0.15, 0.2) is 2.88 Å². The van der Waals surface area contributed by atoms with E-state index in [1.165, 1.54) is 77.0 Å². The molecule has 1 atom stereocenters. The summed E-state index contributed by atoms with van der Waals surface area (Å²) in [6.07, 6.45) is 18.9. The molecule has 2 nitrogen and oxygen atoms in total. The lowest BCUT2D eigenvalue weighted by Gasteiger charge is -2.13. The van der Waals surface area contributed by atoms with E-state index in [1.54, 1.807) is 0 Å². The van der Waals surface area contributed by atoms with Crippen molar-refractivity contribution in [1.82, 2.24) is 0 Å². The van der Waals surface area contributed by atoms with E-state index in [4.69, 9.17) is 16.7 Å². The minimum absolute atomic E-state index is 0.558. The van der Waals surface area contributed by atoms with Crippen LogP contribution in [0.3, 0.4) is 0 Å². The van der Waals surface area contributed by atoms with Crippen molar-refractivity contribution in [2.24, 2.45) is 0 Å². The van der Waals surface area contributed by atoms with Gasteiger partial charge in [-0.15, -0.1) is 0 Å². The van der Waals surface area contributed by atoms with Crippen LogP contribution in [0.5, 0.6) is 0 Å². The predicted octanol–water partition coefficient (Wildman–Crippen LogP) is 7.31. The highest BCUT2D eigenvalue weighted by molar-refractivity contribution is 14.1. The van der Waals surface area contributed by atoms with E-state index in [9.17, 15) is 4.79 Å². The molecule has 1 N–H and O–H groups in total. The number of rotatable bonds is 16. The van der Waals surface area contributed by atoms with E-state index in [0.29, 0.717) is 6.42 Å². The maximum atomic E-state index is 10.8. The number of carbonyl (C=O) groups is 1. The van der Waals surface area contributed by atoms with Crippen LogP contribution in [-0.4, -0.2) is 14.0 Å². The predicted molar refractivity (Wildman–Crippen MR) is 105 cm³/mol. The fraction of sp³-hybridized carbons (Fsp3) is 0.944. The molecule has 0 spiro atoms. The topological polar surface area (TPSA) is 37.3 Å². The smallest absolute Gasteiger partial charge is 0.334 e. The minimum atomic E-state index is -1.10. The molecule has 0 saturated heterocycles. The van der Waals surface area contributed by atoms with Crippen LogP contribution in [0.1, 0.15) is 103 Å². The molecule has 0 saturated carbocycles. The SMILES string of the molecule is CCCCCCCCCCCCCCCCC(Cl)(I)C(=O)O. The molecule has 22 heavy (non-hydrogen) atoms. The van der Waals surface area contributed by atoms with E-state index in [1.807, 2.05) is 22.6 Å². The summed E-state index contributed by atoms with van der Waals surface area (Å²) in [6.45, 7) is 2.26. The highest BCUT2D eigenvalue weighted by Crippen LogP contribution is 2.31. The highest BCUT2D eigenvalue weighted by atomic mass is 127. The van der Waals surface area contributed by atoms with Gasteiger partial charge >= 0.3 is 5.97 Å². The number of carboxylic acids is 1. The Bertz CT molecular complexity index is 270. The van der Waals surface area contributed by atoms with Gasteiger partial charge in [0.1, 0.15) is 0 Å². The molecule has 0 heterocycles. The van der Waals surface area contributed by atoms with E-state index >= 15 is 0 Å². The molecular formula is C18H34ClIO2. The number of unbranched alkanes of at least 4 members (excludes halogenated alkanes) is 13. The van der Waals surface area contributed by atoms with Crippen LogP contribution in [-0.2, 0) is 4.79 Å². The zero-order valence-electron chi connectivity index (χ0n) is 14.2. The van der Waals surface area contributed by atoms with Crippen molar-refractivity contribution in [2.75, 3.05) is 0 Å². The molecule has 0 bridgehead atoms. The van der Waals surface area contributed by atoms with Crippen LogP contribution in [0.2, 0.25) is 0 Å². The average molecular weight is 445 g/mol. The molecule has 0 aliphatic heterocycles. The molecule has 0 amide bonds. The number of aliphatic carboxylic acids is 1. The molecule has 0 radical (unpaired) electrons. The first-order valence-electron chi connectivity index (χ1n) is 9.12. The summed E-state index contributed by atoms with van der Waals surface area (Å²) in [5.41, 5.74) is 0. The van der Waals surface area contributed by atoms with Gasteiger partial charge in [-0.25, -0.2) is 4.79 Å². The third-order valence-corrected chi connectivity index (χ3v) is 5.51. The van der Waals surface area contributed by atoms with Crippen molar-refractivity contribution in [3.05, 3.63) is 0 Å². The highest BCUT2D eigenvalue weighted by Gasteiger charge is 2.31. The quantitative estimate of drug-likeness (QED) is 0.154.